The molecule has 0 aromatic heterocycles. The lowest BCUT2D eigenvalue weighted by atomic mass is 9.83. The van der Waals surface area contributed by atoms with Gasteiger partial charge >= 0.3 is 11.9 Å². The van der Waals surface area contributed by atoms with Gasteiger partial charge in [0.25, 0.3) is 0 Å². The number of allylic oxidation sites excluding steroid dienone is 2. The Labute approximate surface area is 182 Å². The highest BCUT2D eigenvalue weighted by Gasteiger charge is 2.24. The van der Waals surface area contributed by atoms with E-state index in [9.17, 15) is 14.4 Å². The maximum atomic E-state index is 12.6. The van der Waals surface area contributed by atoms with E-state index >= 15 is 0 Å². The number of esters is 2. The summed E-state index contributed by atoms with van der Waals surface area (Å²) < 4.78 is 15.8. The number of carbonyl (C=O) groups excluding carboxylic acids is 3. The van der Waals surface area contributed by atoms with E-state index < -0.39 is 17.4 Å². The molecule has 0 N–H and O–H groups in total. The normalized spacial score (nSPS) is 11.1. The molecule has 0 amide bonds. The lowest BCUT2D eigenvalue weighted by molar-refractivity contribution is -0.132. The van der Waals surface area contributed by atoms with Crippen LogP contribution in [0.25, 0.3) is 6.08 Å². The van der Waals surface area contributed by atoms with E-state index in [4.69, 9.17) is 14.2 Å². The highest BCUT2D eigenvalue weighted by atomic mass is 16.5. The number of ketones is 1. The highest BCUT2D eigenvalue weighted by Crippen LogP contribution is 2.38. The van der Waals surface area contributed by atoms with Crippen LogP contribution < -0.4 is 14.2 Å². The summed E-state index contributed by atoms with van der Waals surface area (Å²) >= 11 is 0. The van der Waals surface area contributed by atoms with Crippen LogP contribution >= 0.6 is 0 Å². The first-order valence-electron chi connectivity index (χ1n) is 9.62. The average molecular weight is 422 g/mol. The molecule has 0 aliphatic rings. The number of methoxy groups -OCH3 is 1. The van der Waals surface area contributed by atoms with Gasteiger partial charge in [0.1, 0.15) is 17.2 Å². The van der Waals surface area contributed by atoms with E-state index in [1.165, 1.54) is 27.0 Å². The average Bonchev–Trinajstić information content (AvgIpc) is 2.71. The first kappa shape index (κ1) is 23.6. The summed E-state index contributed by atoms with van der Waals surface area (Å²) in [4.78, 5) is 35.1. The molecule has 0 saturated heterocycles. The van der Waals surface area contributed by atoms with Crippen LogP contribution in [0.5, 0.6) is 17.2 Å². The van der Waals surface area contributed by atoms with Gasteiger partial charge in [-0.3, -0.25) is 14.4 Å². The monoisotopic (exact) mass is 422 g/mol. The van der Waals surface area contributed by atoms with E-state index in [2.05, 4.69) is 6.58 Å². The van der Waals surface area contributed by atoms with Crippen molar-refractivity contribution in [1.29, 1.82) is 0 Å². The molecule has 162 valence electrons. The second-order valence-electron chi connectivity index (χ2n) is 7.43. The molecule has 6 heteroatoms. The Bertz CT molecular complexity index is 1030. The second-order valence-corrected chi connectivity index (χ2v) is 7.43. The quantitative estimate of drug-likeness (QED) is 0.198. The Kier molecular flexibility index (Phi) is 7.53. The summed E-state index contributed by atoms with van der Waals surface area (Å²) in [5.74, 6) is 0.0883. The first-order valence-corrected chi connectivity index (χ1v) is 9.62. The summed E-state index contributed by atoms with van der Waals surface area (Å²) in [6.45, 7) is 10.4. The Morgan fingerprint density at radius 2 is 1.55 bits per heavy atom. The van der Waals surface area contributed by atoms with Crippen LogP contribution in [0.4, 0.5) is 0 Å². The van der Waals surface area contributed by atoms with Crippen molar-refractivity contribution in [2.45, 2.75) is 33.1 Å². The van der Waals surface area contributed by atoms with Crippen LogP contribution in [0.2, 0.25) is 0 Å². The Morgan fingerprint density at radius 1 is 0.935 bits per heavy atom. The minimum atomic E-state index is -0.490. The third kappa shape index (κ3) is 6.15. The Balaban J connectivity index is 2.40. The largest absolute Gasteiger partial charge is 0.496 e. The van der Waals surface area contributed by atoms with Crippen LogP contribution in [0.1, 0.15) is 49.2 Å². The van der Waals surface area contributed by atoms with E-state index in [1.54, 1.807) is 42.5 Å². The molecule has 0 fully saturated rings. The molecule has 2 rings (SSSR count). The lowest BCUT2D eigenvalue weighted by Crippen LogP contribution is -2.17. The smallest absolute Gasteiger partial charge is 0.308 e. The molecule has 0 aliphatic heterocycles. The molecular weight excluding hydrogens is 396 g/mol. The van der Waals surface area contributed by atoms with Crippen LogP contribution in [-0.2, 0) is 15.0 Å². The number of rotatable bonds is 8. The van der Waals surface area contributed by atoms with Gasteiger partial charge in [-0.15, -0.1) is 6.58 Å². The molecule has 0 atom stereocenters. The lowest BCUT2D eigenvalue weighted by Gasteiger charge is -2.24. The van der Waals surface area contributed by atoms with Crippen molar-refractivity contribution in [3.05, 3.63) is 71.8 Å². The molecule has 0 saturated carbocycles. The van der Waals surface area contributed by atoms with Crippen LogP contribution in [0.15, 0.2) is 55.1 Å². The maximum Gasteiger partial charge on any atom is 0.308 e. The highest BCUT2D eigenvalue weighted by molar-refractivity contribution is 6.07. The summed E-state index contributed by atoms with van der Waals surface area (Å²) in [5, 5.41) is 0. The van der Waals surface area contributed by atoms with Gasteiger partial charge in [-0.2, -0.15) is 0 Å². The van der Waals surface area contributed by atoms with Gasteiger partial charge in [-0.25, -0.2) is 0 Å². The third-order valence-electron chi connectivity index (χ3n) is 4.60. The first-order chi connectivity index (χ1) is 14.6. The molecule has 6 nitrogen and oxygen atoms in total. The zero-order chi connectivity index (χ0) is 23.2. The van der Waals surface area contributed by atoms with Gasteiger partial charge in [0.15, 0.2) is 5.78 Å². The molecule has 31 heavy (non-hydrogen) atoms. The van der Waals surface area contributed by atoms with Gasteiger partial charge in [0.05, 0.1) is 7.11 Å². The van der Waals surface area contributed by atoms with Gasteiger partial charge in [0.2, 0.25) is 0 Å². The third-order valence-corrected chi connectivity index (χ3v) is 4.60. The van der Waals surface area contributed by atoms with Gasteiger partial charge in [0, 0.05) is 42.0 Å². The van der Waals surface area contributed by atoms with Crippen molar-refractivity contribution in [2.75, 3.05) is 7.11 Å². The number of benzene rings is 2. The van der Waals surface area contributed by atoms with Crippen LogP contribution in [0, 0.1) is 0 Å². The fraction of sp³-hybridized carbons (Fsp3) is 0.240. The van der Waals surface area contributed by atoms with Crippen LogP contribution in [0.3, 0.4) is 0 Å². The predicted molar refractivity (Wildman–Crippen MR) is 119 cm³/mol. The van der Waals surface area contributed by atoms with E-state index in [0.717, 1.165) is 5.56 Å². The van der Waals surface area contributed by atoms with E-state index in [1.807, 2.05) is 19.9 Å². The zero-order valence-electron chi connectivity index (χ0n) is 18.4. The van der Waals surface area contributed by atoms with Crippen molar-refractivity contribution in [1.82, 2.24) is 0 Å². The van der Waals surface area contributed by atoms with Crippen molar-refractivity contribution in [3.8, 4) is 17.2 Å². The topological polar surface area (TPSA) is 78.9 Å². The van der Waals surface area contributed by atoms with Gasteiger partial charge in [-0.1, -0.05) is 19.9 Å². The Hall–Kier alpha value is -3.67. The fourth-order valence-electron chi connectivity index (χ4n) is 2.85. The number of hydrogen-bond acceptors (Lipinski definition) is 6. The van der Waals surface area contributed by atoms with Gasteiger partial charge in [-0.05, 0) is 42.5 Å². The summed E-state index contributed by atoms with van der Waals surface area (Å²) in [6, 6.07) is 9.71. The number of ether oxygens (including phenoxy) is 3. The van der Waals surface area contributed by atoms with Crippen molar-refractivity contribution in [2.24, 2.45) is 0 Å². The van der Waals surface area contributed by atoms with E-state index in [-0.39, 0.29) is 5.78 Å². The standard InChI is InChI=1S/C25H26O6/c1-7-25(4,5)21-14-19(23(29-6)15-24(21)31-17(3)27)10-13-22(28)18-8-11-20(12-9-18)30-16(2)26/h7-15H,1H2,2-6H3/b13-10+. The van der Waals surface area contributed by atoms with Crippen molar-refractivity contribution >= 4 is 23.8 Å². The Morgan fingerprint density at radius 3 is 2.06 bits per heavy atom. The maximum absolute atomic E-state index is 12.6. The SMILES string of the molecule is C=CC(C)(C)c1cc(/C=C/C(=O)c2ccc(OC(C)=O)cc2)c(OC)cc1OC(C)=O. The summed E-state index contributed by atoms with van der Waals surface area (Å²) in [7, 11) is 1.50. The minimum Gasteiger partial charge on any atom is -0.496 e. The van der Waals surface area contributed by atoms with Gasteiger partial charge < -0.3 is 14.2 Å². The molecule has 0 radical (unpaired) electrons. The predicted octanol–water partition coefficient (Wildman–Crippen LogP) is 4.91. The minimum absolute atomic E-state index is 0.231. The molecule has 0 unspecified atom stereocenters. The summed E-state index contributed by atoms with van der Waals surface area (Å²) in [6.07, 6.45) is 4.82. The summed E-state index contributed by atoms with van der Waals surface area (Å²) in [5.41, 5.74) is 1.33. The molecular formula is C25H26O6. The zero-order valence-corrected chi connectivity index (χ0v) is 18.4. The fourth-order valence-corrected chi connectivity index (χ4v) is 2.85. The molecule has 2 aromatic carbocycles. The molecule has 0 aliphatic carbocycles. The second kappa shape index (κ2) is 9.89. The van der Waals surface area contributed by atoms with Crippen molar-refractivity contribution < 1.29 is 28.6 Å². The van der Waals surface area contributed by atoms with Crippen molar-refractivity contribution in [3.63, 3.8) is 0 Å². The molecule has 2 aromatic rings. The van der Waals surface area contributed by atoms with E-state index in [0.29, 0.717) is 28.4 Å². The molecule has 0 heterocycles. The number of carbonyl (C=O) groups is 3. The molecule has 0 spiro atoms. The number of hydrogen-bond donors (Lipinski definition) is 0. The van der Waals surface area contributed by atoms with Crippen LogP contribution in [-0.4, -0.2) is 24.8 Å². The molecule has 0 bridgehead atoms.